The molecule has 0 amide bonds. The normalized spacial score (nSPS) is 35.9. The van der Waals surface area contributed by atoms with E-state index in [0.29, 0.717) is 12.0 Å². The smallest absolute Gasteiger partial charge is 0.246 e. The lowest BCUT2D eigenvalue weighted by Crippen LogP contribution is -2.52. The largest absolute Gasteiger partial charge is 0.471 e. The standard InChI is InChI=1S/C9H13N3OS/c1-3-12-4-2-7(1)8(6-12)13-9-5-10-14-11-9/h5,7-8H,1-4,6H2/t8-/m1/s1. The second-order valence-electron chi connectivity index (χ2n) is 4.04. The van der Waals surface area contributed by atoms with E-state index in [1.807, 2.05) is 0 Å². The van der Waals surface area contributed by atoms with Crippen LogP contribution in [0.1, 0.15) is 12.8 Å². The topological polar surface area (TPSA) is 38.3 Å². The summed E-state index contributed by atoms with van der Waals surface area (Å²) < 4.78 is 13.8. The molecule has 76 valence electrons. The van der Waals surface area contributed by atoms with Gasteiger partial charge in [-0.1, -0.05) is 0 Å². The van der Waals surface area contributed by atoms with Crippen LogP contribution in [0.15, 0.2) is 6.20 Å². The van der Waals surface area contributed by atoms with Crippen molar-refractivity contribution >= 4 is 11.7 Å². The highest BCUT2D eigenvalue weighted by Crippen LogP contribution is 2.30. The Bertz CT molecular complexity index is 295. The lowest BCUT2D eigenvalue weighted by molar-refractivity contribution is -0.00955. The van der Waals surface area contributed by atoms with Crippen molar-refractivity contribution in [3.63, 3.8) is 0 Å². The quantitative estimate of drug-likeness (QED) is 0.732. The van der Waals surface area contributed by atoms with Gasteiger partial charge in [-0.15, -0.1) is 4.37 Å². The second kappa shape index (κ2) is 3.47. The molecule has 14 heavy (non-hydrogen) atoms. The third-order valence-electron chi connectivity index (χ3n) is 3.21. The van der Waals surface area contributed by atoms with E-state index in [1.54, 1.807) is 6.20 Å². The summed E-state index contributed by atoms with van der Waals surface area (Å²) >= 11 is 1.21. The van der Waals surface area contributed by atoms with Crippen LogP contribution in [0, 0.1) is 5.92 Å². The lowest BCUT2D eigenvalue weighted by atomic mass is 9.86. The summed E-state index contributed by atoms with van der Waals surface area (Å²) in [7, 11) is 0. The van der Waals surface area contributed by atoms with Crippen LogP contribution in [0.3, 0.4) is 0 Å². The minimum absolute atomic E-state index is 0.349. The van der Waals surface area contributed by atoms with Crippen molar-refractivity contribution in [1.82, 2.24) is 13.6 Å². The minimum Gasteiger partial charge on any atom is -0.471 e. The molecule has 5 heteroatoms. The monoisotopic (exact) mass is 211 g/mol. The molecule has 1 aromatic rings. The molecule has 4 heterocycles. The molecule has 4 rings (SSSR count). The van der Waals surface area contributed by atoms with E-state index in [1.165, 1.54) is 37.7 Å². The number of nitrogens with zero attached hydrogens (tertiary/aromatic N) is 3. The van der Waals surface area contributed by atoms with Crippen LogP contribution in [0.5, 0.6) is 5.88 Å². The molecule has 0 radical (unpaired) electrons. The average molecular weight is 211 g/mol. The zero-order valence-electron chi connectivity index (χ0n) is 7.93. The molecular weight excluding hydrogens is 198 g/mol. The molecule has 4 nitrogen and oxygen atoms in total. The van der Waals surface area contributed by atoms with Crippen LogP contribution in [-0.4, -0.2) is 39.4 Å². The van der Waals surface area contributed by atoms with Gasteiger partial charge in [-0.3, -0.25) is 4.90 Å². The number of ether oxygens (including phenoxy) is 1. The summed E-state index contributed by atoms with van der Waals surface area (Å²) in [6.07, 6.45) is 4.62. The van der Waals surface area contributed by atoms with E-state index in [4.69, 9.17) is 4.74 Å². The van der Waals surface area contributed by atoms with E-state index in [9.17, 15) is 0 Å². The minimum atomic E-state index is 0.349. The van der Waals surface area contributed by atoms with Crippen LogP contribution in [0.2, 0.25) is 0 Å². The molecule has 2 bridgehead atoms. The number of piperidine rings is 3. The van der Waals surface area contributed by atoms with Crippen molar-refractivity contribution in [2.24, 2.45) is 5.92 Å². The molecule has 0 spiro atoms. The number of rotatable bonds is 2. The maximum Gasteiger partial charge on any atom is 0.246 e. The van der Waals surface area contributed by atoms with Crippen LogP contribution in [-0.2, 0) is 0 Å². The van der Waals surface area contributed by atoms with Gasteiger partial charge in [-0.05, 0) is 31.8 Å². The van der Waals surface area contributed by atoms with E-state index in [-0.39, 0.29) is 0 Å². The van der Waals surface area contributed by atoms with E-state index in [2.05, 4.69) is 13.6 Å². The Morgan fingerprint density at radius 2 is 2.29 bits per heavy atom. The van der Waals surface area contributed by atoms with Crippen molar-refractivity contribution in [1.29, 1.82) is 0 Å². The van der Waals surface area contributed by atoms with Crippen molar-refractivity contribution < 1.29 is 4.74 Å². The molecule has 1 aromatic heterocycles. The predicted octanol–water partition coefficient (Wildman–Crippen LogP) is 1.01. The third-order valence-corrected chi connectivity index (χ3v) is 3.67. The summed E-state index contributed by atoms with van der Waals surface area (Å²) in [5, 5.41) is 0. The highest BCUT2D eigenvalue weighted by molar-refractivity contribution is 6.99. The fourth-order valence-corrected chi connectivity index (χ4v) is 2.76. The SMILES string of the molecule is c1nsnc1O[C@@H]1CN2CCC1CC2. The fourth-order valence-electron chi connectivity index (χ4n) is 2.41. The molecule has 3 fully saturated rings. The van der Waals surface area contributed by atoms with Crippen molar-refractivity contribution in [3.05, 3.63) is 6.20 Å². The first-order chi connectivity index (χ1) is 6.92. The van der Waals surface area contributed by atoms with Crippen LogP contribution < -0.4 is 4.74 Å². The van der Waals surface area contributed by atoms with Crippen LogP contribution >= 0.6 is 11.7 Å². The maximum atomic E-state index is 5.82. The number of fused-ring (bicyclic) bond motifs is 3. The zero-order chi connectivity index (χ0) is 9.38. The highest BCUT2D eigenvalue weighted by Gasteiger charge is 2.35. The van der Waals surface area contributed by atoms with Crippen LogP contribution in [0.4, 0.5) is 0 Å². The summed E-state index contributed by atoms with van der Waals surface area (Å²) in [5.74, 6) is 1.44. The Labute approximate surface area is 87.2 Å². The van der Waals surface area contributed by atoms with Gasteiger partial charge in [0.2, 0.25) is 5.88 Å². The first-order valence-corrected chi connectivity index (χ1v) is 5.81. The molecule has 3 aliphatic heterocycles. The molecule has 3 saturated heterocycles. The van der Waals surface area contributed by atoms with Gasteiger partial charge < -0.3 is 4.74 Å². The average Bonchev–Trinajstić information content (AvgIpc) is 2.72. The first-order valence-electron chi connectivity index (χ1n) is 5.08. The number of hydrogen-bond donors (Lipinski definition) is 0. The molecular formula is C9H13N3OS. The van der Waals surface area contributed by atoms with E-state index < -0.39 is 0 Å². The summed E-state index contributed by atoms with van der Waals surface area (Å²) in [4.78, 5) is 2.48. The Kier molecular flexibility index (Phi) is 2.14. The molecule has 0 N–H and O–H groups in total. The van der Waals surface area contributed by atoms with Gasteiger partial charge in [0.15, 0.2) is 0 Å². The third kappa shape index (κ3) is 1.50. The lowest BCUT2D eigenvalue weighted by Gasteiger charge is -2.43. The summed E-state index contributed by atoms with van der Waals surface area (Å²) in [5.41, 5.74) is 0. The Morgan fingerprint density at radius 1 is 1.43 bits per heavy atom. The van der Waals surface area contributed by atoms with Gasteiger partial charge >= 0.3 is 0 Å². The summed E-state index contributed by atoms with van der Waals surface area (Å²) in [6.45, 7) is 3.57. The van der Waals surface area contributed by atoms with Crippen molar-refractivity contribution in [3.8, 4) is 5.88 Å². The van der Waals surface area contributed by atoms with Gasteiger partial charge in [-0.25, -0.2) is 0 Å². The molecule has 0 aliphatic carbocycles. The predicted molar refractivity (Wildman–Crippen MR) is 53.5 cm³/mol. The van der Waals surface area contributed by atoms with Crippen molar-refractivity contribution in [2.75, 3.05) is 19.6 Å². The number of aromatic nitrogens is 2. The summed E-state index contributed by atoms with van der Waals surface area (Å²) in [6, 6.07) is 0. The fraction of sp³-hybridized carbons (Fsp3) is 0.778. The van der Waals surface area contributed by atoms with Gasteiger partial charge in [0.25, 0.3) is 0 Å². The van der Waals surface area contributed by atoms with E-state index in [0.717, 1.165) is 12.5 Å². The number of hydrogen-bond acceptors (Lipinski definition) is 5. The highest BCUT2D eigenvalue weighted by atomic mass is 32.1. The van der Waals surface area contributed by atoms with E-state index >= 15 is 0 Å². The second-order valence-corrected chi connectivity index (χ2v) is 4.60. The van der Waals surface area contributed by atoms with Crippen LogP contribution in [0.25, 0.3) is 0 Å². The Balaban J connectivity index is 1.68. The van der Waals surface area contributed by atoms with Gasteiger partial charge in [0.1, 0.15) is 12.3 Å². The molecule has 0 aromatic carbocycles. The molecule has 1 atom stereocenters. The Hall–Kier alpha value is -0.680. The molecule has 3 aliphatic rings. The van der Waals surface area contributed by atoms with Gasteiger partial charge in [0.05, 0.1) is 11.7 Å². The zero-order valence-corrected chi connectivity index (χ0v) is 8.74. The Morgan fingerprint density at radius 3 is 2.86 bits per heavy atom. The molecule has 0 saturated carbocycles. The first kappa shape index (κ1) is 8.61. The van der Waals surface area contributed by atoms with Gasteiger partial charge in [0, 0.05) is 6.54 Å². The van der Waals surface area contributed by atoms with Gasteiger partial charge in [-0.2, -0.15) is 4.37 Å². The molecule has 0 unspecified atom stereocenters. The van der Waals surface area contributed by atoms with Crippen molar-refractivity contribution in [2.45, 2.75) is 18.9 Å². The maximum absolute atomic E-state index is 5.82.